The van der Waals surface area contributed by atoms with Crippen LogP contribution in [-0.2, 0) is 9.59 Å². The van der Waals surface area contributed by atoms with Gasteiger partial charge in [-0.25, -0.2) is 4.39 Å². The van der Waals surface area contributed by atoms with Gasteiger partial charge in [-0.05, 0) is 56.1 Å². The van der Waals surface area contributed by atoms with Crippen LogP contribution in [0.1, 0.15) is 17.2 Å². The number of carbonyl (C=O) groups is 2. The SMILES string of the molecule is CN(C)CCN1C(=O)C(=O)/C(=C(/O)c2ccc(F)cc2)[C@H]1c1ccc(Cl)cc1. The third-order valence-corrected chi connectivity index (χ3v) is 4.88. The molecule has 1 fully saturated rings. The number of hydrogen-bond acceptors (Lipinski definition) is 4. The van der Waals surface area contributed by atoms with E-state index < -0.39 is 23.5 Å². The summed E-state index contributed by atoms with van der Waals surface area (Å²) in [4.78, 5) is 28.8. The zero-order valence-electron chi connectivity index (χ0n) is 15.5. The average Bonchev–Trinajstić information content (AvgIpc) is 2.91. The van der Waals surface area contributed by atoms with E-state index in [-0.39, 0.29) is 16.9 Å². The zero-order chi connectivity index (χ0) is 20.4. The Hall–Kier alpha value is -2.70. The topological polar surface area (TPSA) is 60.9 Å². The molecular weight excluding hydrogens is 383 g/mol. The summed E-state index contributed by atoms with van der Waals surface area (Å²) in [5.41, 5.74) is 0.912. The number of hydrogen-bond donors (Lipinski definition) is 1. The Morgan fingerprint density at radius 3 is 2.29 bits per heavy atom. The van der Waals surface area contributed by atoms with Crippen LogP contribution in [0.15, 0.2) is 54.1 Å². The van der Waals surface area contributed by atoms with E-state index in [0.717, 1.165) is 0 Å². The first kappa shape index (κ1) is 20.0. The van der Waals surface area contributed by atoms with Gasteiger partial charge >= 0.3 is 0 Å². The summed E-state index contributed by atoms with van der Waals surface area (Å²) in [6, 6.07) is 11.2. The molecule has 0 aromatic heterocycles. The predicted molar refractivity (Wildman–Crippen MR) is 105 cm³/mol. The van der Waals surface area contributed by atoms with Crippen molar-refractivity contribution in [2.75, 3.05) is 27.2 Å². The van der Waals surface area contributed by atoms with E-state index >= 15 is 0 Å². The molecule has 1 amide bonds. The van der Waals surface area contributed by atoms with E-state index in [4.69, 9.17) is 11.6 Å². The Labute approximate surface area is 167 Å². The van der Waals surface area contributed by atoms with Gasteiger partial charge in [-0.15, -0.1) is 0 Å². The highest BCUT2D eigenvalue weighted by molar-refractivity contribution is 6.46. The van der Waals surface area contributed by atoms with Crippen LogP contribution < -0.4 is 0 Å². The number of amides is 1. The molecule has 146 valence electrons. The standard InChI is InChI=1S/C21H20ClFN2O3/c1-24(2)11-12-25-18(13-3-7-15(22)8-4-13)17(20(27)21(25)28)19(26)14-5-9-16(23)10-6-14/h3-10,18,26H,11-12H2,1-2H3/b19-17+/t18-/m1/s1. The highest BCUT2D eigenvalue weighted by Gasteiger charge is 2.45. The van der Waals surface area contributed by atoms with Crippen LogP contribution in [0, 0.1) is 5.82 Å². The Balaban J connectivity index is 2.13. The molecule has 1 N–H and O–H groups in total. The van der Waals surface area contributed by atoms with Gasteiger partial charge < -0.3 is 14.9 Å². The number of halogens is 2. The minimum Gasteiger partial charge on any atom is -0.507 e. The van der Waals surface area contributed by atoms with Gasteiger partial charge in [0.2, 0.25) is 0 Å². The normalized spacial score (nSPS) is 18.9. The van der Waals surface area contributed by atoms with Crippen LogP contribution in [0.2, 0.25) is 5.02 Å². The Kier molecular flexibility index (Phi) is 5.82. The summed E-state index contributed by atoms with van der Waals surface area (Å²) in [5, 5.41) is 11.3. The van der Waals surface area contributed by atoms with E-state index in [9.17, 15) is 19.1 Å². The molecule has 28 heavy (non-hydrogen) atoms. The molecule has 0 unspecified atom stereocenters. The number of benzene rings is 2. The molecule has 0 aliphatic carbocycles. The minimum atomic E-state index is -0.763. The predicted octanol–water partition coefficient (Wildman–Crippen LogP) is 3.46. The minimum absolute atomic E-state index is 0.0160. The molecule has 1 aliphatic rings. The highest BCUT2D eigenvalue weighted by atomic mass is 35.5. The first-order valence-corrected chi connectivity index (χ1v) is 9.12. The summed E-state index contributed by atoms with van der Waals surface area (Å²) in [5.74, 6) is -2.23. The van der Waals surface area contributed by atoms with Crippen LogP contribution in [-0.4, -0.2) is 53.8 Å². The van der Waals surface area contributed by atoms with Crippen LogP contribution in [0.3, 0.4) is 0 Å². The molecular formula is C21H20ClFN2O3. The average molecular weight is 403 g/mol. The van der Waals surface area contributed by atoms with Crippen molar-refractivity contribution in [1.82, 2.24) is 9.80 Å². The van der Waals surface area contributed by atoms with Gasteiger partial charge in [0.25, 0.3) is 11.7 Å². The van der Waals surface area contributed by atoms with E-state index in [0.29, 0.717) is 23.7 Å². The largest absolute Gasteiger partial charge is 0.507 e. The molecule has 7 heteroatoms. The quantitative estimate of drug-likeness (QED) is 0.472. The van der Waals surface area contributed by atoms with E-state index in [1.807, 2.05) is 19.0 Å². The molecule has 0 spiro atoms. The van der Waals surface area contributed by atoms with Crippen LogP contribution >= 0.6 is 11.6 Å². The van der Waals surface area contributed by atoms with Gasteiger partial charge in [-0.2, -0.15) is 0 Å². The van der Waals surface area contributed by atoms with Crippen molar-refractivity contribution >= 4 is 29.1 Å². The smallest absolute Gasteiger partial charge is 0.295 e. The molecule has 0 saturated carbocycles. The number of rotatable bonds is 5. The number of Topliss-reactive ketones (excluding diaryl/α,β-unsaturated/α-hetero) is 1. The van der Waals surface area contributed by atoms with Gasteiger partial charge in [0.1, 0.15) is 11.6 Å². The molecule has 1 atom stereocenters. The first-order chi connectivity index (χ1) is 13.3. The van der Waals surface area contributed by atoms with Gasteiger partial charge in [0.15, 0.2) is 0 Å². The molecule has 0 bridgehead atoms. The van der Waals surface area contributed by atoms with E-state index in [1.54, 1.807) is 24.3 Å². The van der Waals surface area contributed by atoms with Crippen molar-refractivity contribution in [1.29, 1.82) is 0 Å². The van der Waals surface area contributed by atoms with Crippen molar-refractivity contribution < 1.29 is 19.1 Å². The monoisotopic (exact) mass is 402 g/mol. The third kappa shape index (κ3) is 3.93. The molecule has 2 aromatic rings. The van der Waals surface area contributed by atoms with Gasteiger partial charge in [-0.3, -0.25) is 9.59 Å². The maximum Gasteiger partial charge on any atom is 0.295 e. The van der Waals surface area contributed by atoms with E-state index in [1.165, 1.54) is 29.2 Å². The fourth-order valence-electron chi connectivity index (χ4n) is 3.17. The lowest BCUT2D eigenvalue weighted by atomic mass is 9.95. The highest BCUT2D eigenvalue weighted by Crippen LogP contribution is 2.39. The number of aliphatic hydroxyl groups excluding tert-OH is 1. The number of carbonyl (C=O) groups excluding carboxylic acids is 2. The zero-order valence-corrected chi connectivity index (χ0v) is 16.3. The van der Waals surface area contributed by atoms with Crippen molar-refractivity contribution in [2.24, 2.45) is 0 Å². The molecule has 5 nitrogen and oxygen atoms in total. The second-order valence-electron chi connectivity index (χ2n) is 6.85. The lowest BCUT2D eigenvalue weighted by molar-refractivity contribution is -0.140. The number of likely N-dealkylation sites (tertiary alicyclic amines) is 1. The van der Waals surface area contributed by atoms with Crippen LogP contribution in [0.4, 0.5) is 4.39 Å². The van der Waals surface area contributed by atoms with Gasteiger partial charge in [0.05, 0.1) is 11.6 Å². The fourth-order valence-corrected chi connectivity index (χ4v) is 3.30. The van der Waals surface area contributed by atoms with Crippen LogP contribution in [0.25, 0.3) is 5.76 Å². The first-order valence-electron chi connectivity index (χ1n) is 8.74. The lowest BCUT2D eigenvalue weighted by Gasteiger charge is -2.26. The number of likely N-dealkylation sites (N-methyl/N-ethyl adjacent to an activating group) is 1. The maximum absolute atomic E-state index is 13.2. The van der Waals surface area contributed by atoms with E-state index in [2.05, 4.69) is 0 Å². The summed E-state index contributed by atoms with van der Waals surface area (Å²) in [7, 11) is 3.73. The summed E-state index contributed by atoms with van der Waals surface area (Å²) >= 11 is 5.97. The Bertz CT molecular complexity index is 924. The maximum atomic E-state index is 13.2. The molecule has 3 rings (SSSR count). The Morgan fingerprint density at radius 2 is 1.71 bits per heavy atom. The summed E-state index contributed by atoms with van der Waals surface area (Å²) in [6.07, 6.45) is 0. The molecule has 1 aliphatic heterocycles. The lowest BCUT2D eigenvalue weighted by Crippen LogP contribution is -2.35. The molecule has 1 saturated heterocycles. The fraction of sp³-hybridized carbons (Fsp3) is 0.238. The van der Waals surface area contributed by atoms with Crippen molar-refractivity contribution in [3.63, 3.8) is 0 Å². The second-order valence-corrected chi connectivity index (χ2v) is 7.29. The van der Waals surface area contributed by atoms with Crippen LogP contribution in [0.5, 0.6) is 0 Å². The third-order valence-electron chi connectivity index (χ3n) is 4.63. The second kappa shape index (κ2) is 8.12. The molecule has 1 heterocycles. The Morgan fingerprint density at radius 1 is 1.11 bits per heavy atom. The summed E-state index contributed by atoms with van der Waals surface area (Å²) in [6.45, 7) is 0.860. The summed E-state index contributed by atoms with van der Waals surface area (Å²) < 4.78 is 13.2. The number of nitrogens with zero attached hydrogens (tertiary/aromatic N) is 2. The van der Waals surface area contributed by atoms with Gasteiger partial charge in [0, 0.05) is 23.7 Å². The van der Waals surface area contributed by atoms with Crippen molar-refractivity contribution in [3.05, 3.63) is 76.1 Å². The van der Waals surface area contributed by atoms with Gasteiger partial charge in [-0.1, -0.05) is 23.7 Å². The van der Waals surface area contributed by atoms with Crippen molar-refractivity contribution in [2.45, 2.75) is 6.04 Å². The molecule has 0 radical (unpaired) electrons. The number of ketones is 1. The number of aliphatic hydroxyl groups is 1. The molecule has 2 aromatic carbocycles. The van der Waals surface area contributed by atoms with Crippen molar-refractivity contribution in [3.8, 4) is 0 Å².